The van der Waals surface area contributed by atoms with E-state index in [4.69, 9.17) is 24.6 Å². The first-order valence-electron chi connectivity index (χ1n) is 16.5. The van der Waals surface area contributed by atoms with Crippen molar-refractivity contribution in [1.82, 2.24) is 20.7 Å². The fourth-order valence-electron chi connectivity index (χ4n) is 5.14. The Morgan fingerprint density at radius 3 is 2.60 bits per heavy atom. The third-order valence-electron chi connectivity index (χ3n) is 8.34. The summed E-state index contributed by atoms with van der Waals surface area (Å²) in [7, 11) is -5.06. The van der Waals surface area contributed by atoms with E-state index in [-0.39, 0.29) is 29.0 Å². The normalized spacial score (nSPS) is 19.5. The number of fused-ring (bicyclic) bond motifs is 1. The molecule has 1 saturated heterocycles. The van der Waals surface area contributed by atoms with E-state index in [0.717, 1.165) is 42.0 Å². The molecule has 2 aliphatic heterocycles. The second-order valence-corrected chi connectivity index (χ2v) is 15.7. The summed E-state index contributed by atoms with van der Waals surface area (Å²) in [6, 6.07) is 4.82. The number of nitrogens with two attached hydrogens (primary N) is 1. The predicted molar refractivity (Wildman–Crippen MR) is 192 cm³/mol. The van der Waals surface area contributed by atoms with Crippen LogP contribution in [0.5, 0.6) is 5.75 Å². The first-order valence-corrected chi connectivity index (χ1v) is 18.8. The highest BCUT2D eigenvalue weighted by atomic mass is 32.3. The van der Waals surface area contributed by atoms with E-state index in [1.165, 1.54) is 26.2 Å². The Balaban J connectivity index is 1.52. The van der Waals surface area contributed by atoms with Crippen molar-refractivity contribution in [2.24, 2.45) is 15.9 Å². The number of thiazole rings is 1. The molecule has 4 unspecified atom stereocenters. The smallest absolute Gasteiger partial charge is 0.418 e. The van der Waals surface area contributed by atoms with Gasteiger partial charge in [0.15, 0.2) is 16.9 Å². The Hall–Kier alpha value is -4.37. The first-order chi connectivity index (χ1) is 24.3. The summed E-state index contributed by atoms with van der Waals surface area (Å²) in [5.74, 6) is 0.312. The van der Waals surface area contributed by atoms with Crippen LogP contribution in [-0.2, 0) is 40.3 Å². The molecule has 0 radical (unpaired) electrons. The molecule has 0 aliphatic carbocycles. The summed E-state index contributed by atoms with van der Waals surface area (Å²) in [6.07, 6.45) is 0.358. The van der Waals surface area contributed by atoms with E-state index >= 15 is 0 Å². The third-order valence-corrected chi connectivity index (χ3v) is 9.44. The molecule has 20 heteroatoms. The number of hydrogen-bond acceptors (Lipinski definition) is 14. The number of carbonyl (C=O) groups is 3. The van der Waals surface area contributed by atoms with Crippen LogP contribution in [0.15, 0.2) is 33.7 Å². The number of rotatable bonds is 14. The standard InChI is InChI=1S/C32H46N8O10S2/c1-18(24-10-8-20-14-21(9-11-25(20)47-24)27(33)36-22-12-13-34-15-22)49-39-26(23-16-51-29(37-23)38-30(43)48-31(3,4)5)28(42)35-19(2)32(6,7)40(17-41)50-52(44,45)46/h9,11,14,16-19,22,24,34H,8,10,12-13,15H2,1-7H3,(H2,33,36)(H,35,42)(H,37,38,43)(H,44,45,46)/b39-26-. The van der Waals surface area contributed by atoms with Crippen molar-refractivity contribution >= 4 is 56.8 Å². The Morgan fingerprint density at radius 1 is 1.23 bits per heavy atom. The number of nitrogens with zero attached hydrogens (tertiary/aromatic N) is 4. The van der Waals surface area contributed by atoms with Crippen LogP contribution in [0.2, 0.25) is 0 Å². The molecular weight excluding hydrogens is 721 g/mol. The minimum Gasteiger partial charge on any atom is -0.486 e. The lowest BCUT2D eigenvalue weighted by atomic mass is 9.95. The van der Waals surface area contributed by atoms with Crippen LogP contribution >= 0.6 is 11.3 Å². The largest absolute Gasteiger partial charge is 0.486 e. The summed E-state index contributed by atoms with van der Waals surface area (Å²) in [5.41, 5.74) is 5.54. The maximum absolute atomic E-state index is 13.7. The van der Waals surface area contributed by atoms with Gasteiger partial charge in [-0.1, -0.05) is 5.16 Å². The molecule has 0 spiro atoms. The van der Waals surface area contributed by atoms with Crippen molar-refractivity contribution in [3.05, 3.63) is 40.4 Å². The number of aryl methyl sites for hydroxylation is 1. The minimum atomic E-state index is -5.06. The summed E-state index contributed by atoms with van der Waals surface area (Å²) in [6.45, 7) is 12.8. The molecule has 0 bridgehead atoms. The molecule has 4 atom stereocenters. The van der Waals surface area contributed by atoms with Gasteiger partial charge in [0, 0.05) is 17.5 Å². The third kappa shape index (κ3) is 11.1. The zero-order chi connectivity index (χ0) is 38.4. The van der Waals surface area contributed by atoms with Crippen LogP contribution in [-0.4, -0.2) is 101 Å². The number of ether oxygens (including phenoxy) is 2. The van der Waals surface area contributed by atoms with Crippen LogP contribution in [0.25, 0.3) is 0 Å². The molecule has 6 N–H and O–H groups in total. The molecule has 52 heavy (non-hydrogen) atoms. The molecule has 3 heterocycles. The van der Waals surface area contributed by atoms with Crippen molar-refractivity contribution < 1.29 is 45.9 Å². The number of hydrogen-bond donors (Lipinski definition) is 5. The molecule has 2 aliphatic rings. The number of amidine groups is 1. The summed E-state index contributed by atoms with van der Waals surface area (Å²) < 4.78 is 47.7. The molecular formula is C32H46N8O10S2. The van der Waals surface area contributed by atoms with Gasteiger partial charge in [-0.3, -0.25) is 24.5 Å². The molecule has 1 aromatic heterocycles. The summed E-state index contributed by atoms with van der Waals surface area (Å²) in [5, 5.41) is 14.5. The van der Waals surface area contributed by atoms with E-state index in [1.807, 2.05) is 18.2 Å². The van der Waals surface area contributed by atoms with Gasteiger partial charge in [-0.05, 0) is 98.0 Å². The molecule has 1 aromatic carbocycles. The number of aliphatic imine (C=N–C) groups is 1. The van der Waals surface area contributed by atoms with Gasteiger partial charge >= 0.3 is 16.5 Å². The van der Waals surface area contributed by atoms with Crippen molar-refractivity contribution in [3.63, 3.8) is 0 Å². The Bertz CT molecular complexity index is 1780. The van der Waals surface area contributed by atoms with E-state index in [9.17, 15) is 22.8 Å². The van der Waals surface area contributed by atoms with Gasteiger partial charge in [-0.25, -0.2) is 9.78 Å². The minimum absolute atomic E-state index is 0.0299. The van der Waals surface area contributed by atoms with Gasteiger partial charge in [0.2, 0.25) is 6.41 Å². The van der Waals surface area contributed by atoms with Crippen molar-refractivity contribution in [2.45, 2.75) is 103 Å². The van der Waals surface area contributed by atoms with E-state index < -0.39 is 51.8 Å². The molecule has 2 aromatic rings. The number of oxime groups is 1. The van der Waals surface area contributed by atoms with E-state index in [1.54, 1.807) is 27.7 Å². The van der Waals surface area contributed by atoms with Gasteiger partial charge in [-0.2, -0.15) is 13.5 Å². The number of nitrogens with one attached hydrogen (secondary N) is 3. The maximum atomic E-state index is 13.7. The summed E-state index contributed by atoms with van der Waals surface area (Å²) >= 11 is 1.00. The van der Waals surface area contributed by atoms with E-state index in [0.29, 0.717) is 29.5 Å². The summed E-state index contributed by atoms with van der Waals surface area (Å²) in [4.78, 5) is 52.5. The monoisotopic (exact) mass is 766 g/mol. The molecule has 3 amide bonds. The van der Waals surface area contributed by atoms with Gasteiger partial charge in [0.25, 0.3) is 5.91 Å². The predicted octanol–water partition coefficient (Wildman–Crippen LogP) is 2.54. The molecule has 4 rings (SSSR count). The SMILES string of the molecule is CC(O/N=C(\C(=O)NC(C)C(C)(C)N(C=O)OS(=O)(=O)O)c1csc(NC(=O)OC(C)(C)C)n1)C1CCc2cc(C(N)=NC3CCNC3)ccc2O1. The average Bonchev–Trinajstić information content (AvgIpc) is 3.74. The van der Waals surface area contributed by atoms with Gasteiger partial charge in [-0.15, -0.1) is 15.6 Å². The Kier molecular flexibility index (Phi) is 12.8. The quantitative estimate of drug-likeness (QED) is 0.0611. The number of anilines is 1. The fourth-order valence-corrected chi connectivity index (χ4v) is 6.25. The Labute approximate surface area is 306 Å². The van der Waals surface area contributed by atoms with Crippen LogP contribution in [0, 0.1) is 0 Å². The maximum Gasteiger partial charge on any atom is 0.418 e. The topological polar surface area (TPSA) is 245 Å². The molecule has 1 fully saturated rings. The highest BCUT2D eigenvalue weighted by molar-refractivity contribution is 7.80. The average molecular weight is 767 g/mol. The van der Waals surface area contributed by atoms with Gasteiger partial charge in [0.1, 0.15) is 29.0 Å². The number of amides is 3. The highest BCUT2D eigenvalue weighted by Gasteiger charge is 2.38. The number of carbonyl (C=O) groups excluding carboxylic acids is 3. The molecule has 18 nitrogen and oxygen atoms in total. The zero-order valence-electron chi connectivity index (χ0n) is 30.0. The van der Waals surface area contributed by atoms with Gasteiger partial charge in [0.05, 0.1) is 17.6 Å². The highest BCUT2D eigenvalue weighted by Crippen LogP contribution is 2.31. The first kappa shape index (κ1) is 40.4. The lowest BCUT2D eigenvalue weighted by Crippen LogP contribution is -2.58. The van der Waals surface area contributed by atoms with Crippen LogP contribution in [0.3, 0.4) is 0 Å². The van der Waals surface area contributed by atoms with Crippen molar-refractivity contribution in [2.75, 3.05) is 18.4 Å². The van der Waals surface area contributed by atoms with Crippen LogP contribution in [0.4, 0.5) is 9.93 Å². The van der Waals surface area contributed by atoms with Gasteiger partial charge < -0.3 is 30.7 Å². The molecule has 0 saturated carbocycles. The number of hydroxylamine groups is 2. The van der Waals surface area contributed by atoms with Crippen molar-refractivity contribution in [1.29, 1.82) is 0 Å². The Morgan fingerprint density at radius 2 is 1.96 bits per heavy atom. The van der Waals surface area contributed by atoms with Crippen LogP contribution in [0.1, 0.15) is 78.1 Å². The van der Waals surface area contributed by atoms with E-state index in [2.05, 4.69) is 35.4 Å². The lowest BCUT2D eigenvalue weighted by molar-refractivity contribution is -0.166. The van der Waals surface area contributed by atoms with Crippen molar-refractivity contribution in [3.8, 4) is 5.75 Å². The lowest BCUT2D eigenvalue weighted by Gasteiger charge is -2.37. The fraction of sp³-hybridized carbons (Fsp3) is 0.562. The zero-order valence-corrected chi connectivity index (χ0v) is 31.7. The van der Waals surface area contributed by atoms with Crippen LogP contribution < -0.4 is 26.4 Å². The molecule has 286 valence electrons. The second-order valence-electron chi connectivity index (χ2n) is 13.9. The number of benzene rings is 1. The second kappa shape index (κ2) is 16.5. The number of aromatic nitrogens is 1.